The molecule has 0 aliphatic carbocycles. The summed E-state index contributed by atoms with van der Waals surface area (Å²) in [7, 11) is 3.41. The van der Waals surface area contributed by atoms with Crippen molar-refractivity contribution in [2.45, 2.75) is 6.92 Å². The molecular weight excluding hydrogens is 320 g/mol. The van der Waals surface area contributed by atoms with E-state index < -0.39 is 5.97 Å². The van der Waals surface area contributed by atoms with Gasteiger partial charge in [0.15, 0.2) is 0 Å². The molecule has 2 aromatic heterocycles. The van der Waals surface area contributed by atoms with Crippen molar-refractivity contribution in [1.82, 2.24) is 19.9 Å². The molecule has 128 valence electrons. The van der Waals surface area contributed by atoms with Gasteiger partial charge < -0.3 is 14.6 Å². The van der Waals surface area contributed by atoms with E-state index in [1.165, 1.54) is 11.2 Å². The van der Waals surface area contributed by atoms with Crippen molar-refractivity contribution in [3.8, 4) is 11.3 Å². The van der Waals surface area contributed by atoms with E-state index in [0.717, 1.165) is 5.56 Å². The molecule has 0 aliphatic rings. The summed E-state index contributed by atoms with van der Waals surface area (Å²) >= 11 is 0. The van der Waals surface area contributed by atoms with Crippen LogP contribution in [-0.4, -0.2) is 52.4 Å². The molecule has 0 aliphatic heterocycles. The minimum Gasteiger partial charge on any atom is -0.462 e. The highest BCUT2D eigenvalue weighted by atomic mass is 16.5. The van der Waals surface area contributed by atoms with E-state index in [9.17, 15) is 9.59 Å². The topological polar surface area (TPSA) is 88.2 Å². The van der Waals surface area contributed by atoms with E-state index in [-0.39, 0.29) is 12.5 Å². The molecular formula is C18H18N4O3. The van der Waals surface area contributed by atoms with Gasteiger partial charge in [0.1, 0.15) is 12.0 Å². The first-order valence-corrected chi connectivity index (χ1v) is 7.84. The van der Waals surface area contributed by atoms with Crippen molar-refractivity contribution < 1.29 is 14.3 Å². The van der Waals surface area contributed by atoms with E-state index in [0.29, 0.717) is 27.9 Å². The summed E-state index contributed by atoms with van der Waals surface area (Å²) in [5.41, 5.74) is 2.92. The number of fused-ring (bicyclic) bond motifs is 1. The van der Waals surface area contributed by atoms with Crippen LogP contribution in [0, 0.1) is 0 Å². The Morgan fingerprint density at radius 2 is 1.88 bits per heavy atom. The molecule has 1 amide bonds. The van der Waals surface area contributed by atoms with Gasteiger partial charge in [-0.3, -0.25) is 4.79 Å². The molecule has 3 rings (SSSR count). The van der Waals surface area contributed by atoms with Crippen LogP contribution in [-0.2, 0) is 4.74 Å². The van der Waals surface area contributed by atoms with Crippen molar-refractivity contribution in [3.05, 3.63) is 47.9 Å². The molecule has 1 aromatic carbocycles. The molecule has 0 spiro atoms. The maximum Gasteiger partial charge on any atom is 0.340 e. The lowest BCUT2D eigenvalue weighted by Crippen LogP contribution is -2.21. The van der Waals surface area contributed by atoms with Gasteiger partial charge in [0, 0.05) is 31.4 Å². The van der Waals surface area contributed by atoms with Crippen molar-refractivity contribution in [1.29, 1.82) is 0 Å². The molecule has 25 heavy (non-hydrogen) atoms. The molecule has 7 nitrogen and oxygen atoms in total. The predicted octanol–water partition coefficient (Wildman–Crippen LogP) is 2.50. The largest absolute Gasteiger partial charge is 0.462 e. The van der Waals surface area contributed by atoms with Crippen LogP contribution in [0.5, 0.6) is 0 Å². The number of hydrogen-bond acceptors (Lipinski definition) is 5. The normalized spacial score (nSPS) is 10.7. The predicted molar refractivity (Wildman–Crippen MR) is 93.3 cm³/mol. The van der Waals surface area contributed by atoms with Crippen molar-refractivity contribution in [3.63, 3.8) is 0 Å². The fraction of sp³-hybridized carbons (Fsp3) is 0.222. The highest BCUT2D eigenvalue weighted by Crippen LogP contribution is 2.28. The average Bonchev–Trinajstić information content (AvgIpc) is 3.05. The zero-order chi connectivity index (χ0) is 18.0. The molecule has 0 unspecified atom stereocenters. The maximum atomic E-state index is 12.2. The number of aromatic amines is 1. The Balaban J connectivity index is 2.08. The Kier molecular flexibility index (Phi) is 4.47. The Morgan fingerprint density at radius 3 is 2.52 bits per heavy atom. The Labute approximate surface area is 144 Å². The summed E-state index contributed by atoms with van der Waals surface area (Å²) in [4.78, 5) is 37.2. The third kappa shape index (κ3) is 3.08. The lowest BCUT2D eigenvalue weighted by Gasteiger charge is -2.10. The van der Waals surface area contributed by atoms with Gasteiger partial charge in [0.2, 0.25) is 0 Å². The number of rotatable bonds is 4. The number of nitrogens with zero attached hydrogens (tertiary/aromatic N) is 3. The lowest BCUT2D eigenvalue weighted by molar-refractivity contribution is 0.0528. The zero-order valence-corrected chi connectivity index (χ0v) is 14.2. The van der Waals surface area contributed by atoms with Gasteiger partial charge in [-0.2, -0.15) is 0 Å². The number of benzene rings is 1. The molecule has 0 fully saturated rings. The van der Waals surface area contributed by atoms with Crippen LogP contribution in [0.15, 0.2) is 36.8 Å². The Hall–Kier alpha value is -3.22. The van der Waals surface area contributed by atoms with Gasteiger partial charge in [0.25, 0.3) is 5.91 Å². The number of ether oxygens (including phenoxy) is 1. The number of aromatic nitrogens is 3. The van der Waals surface area contributed by atoms with Crippen LogP contribution in [0.25, 0.3) is 22.3 Å². The lowest BCUT2D eigenvalue weighted by atomic mass is 10.0. The third-order valence-electron chi connectivity index (χ3n) is 3.78. The van der Waals surface area contributed by atoms with Crippen LogP contribution >= 0.6 is 0 Å². The van der Waals surface area contributed by atoms with E-state index >= 15 is 0 Å². The number of H-pyrrole nitrogens is 1. The first-order valence-electron chi connectivity index (χ1n) is 7.84. The van der Waals surface area contributed by atoms with Crippen LogP contribution in [0.3, 0.4) is 0 Å². The number of nitrogens with one attached hydrogen (secondary N) is 1. The zero-order valence-electron chi connectivity index (χ0n) is 14.2. The fourth-order valence-corrected chi connectivity index (χ4v) is 2.58. The van der Waals surface area contributed by atoms with Crippen molar-refractivity contribution in [2.75, 3.05) is 20.7 Å². The molecule has 7 heteroatoms. The van der Waals surface area contributed by atoms with Crippen molar-refractivity contribution in [2.24, 2.45) is 0 Å². The average molecular weight is 338 g/mol. The Morgan fingerprint density at radius 1 is 1.16 bits per heavy atom. The van der Waals surface area contributed by atoms with E-state index in [1.54, 1.807) is 51.5 Å². The van der Waals surface area contributed by atoms with Crippen molar-refractivity contribution >= 4 is 22.9 Å². The second-order valence-electron chi connectivity index (χ2n) is 5.65. The fourth-order valence-electron chi connectivity index (χ4n) is 2.58. The standard InChI is InChI=1S/C18H18N4O3/c1-4-25-18(24)13-9-19-16-14(13)15(20-10-21-16)11-5-7-12(8-6-11)17(23)22(2)3/h5-10H,4H2,1-3H3,(H,19,20,21). The molecule has 0 atom stereocenters. The quantitative estimate of drug-likeness (QED) is 0.739. The summed E-state index contributed by atoms with van der Waals surface area (Å²) in [5.74, 6) is -0.502. The number of esters is 1. The number of carbonyl (C=O) groups excluding carboxylic acids is 2. The molecule has 0 saturated heterocycles. The monoisotopic (exact) mass is 338 g/mol. The van der Waals surface area contributed by atoms with Crippen LogP contribution in [0.4, 0.5) is 0 Å². The van der Waals surface area contributed by atoms with Crippen LogP contribution in [0.1, 0.15) is 27.6 Å². The summed E-state index contributed by atoms with van der Waals surface area (Å²) in [6, 6.07) is 7.09. The van der Waals surface area contributed by atoms with Gasteiger partial charge in [-0.25, -0.2) is 14.8 Å². The van der Waals surface area contributed by atoms with E-state index in [4.69, 9.17) is 4.74 Å². The van der Waals surface area contributed by atoms with Gasteiger partial charge in [-0.1, -0.05) is 12.1 Å². The molecule has 3 aromatic rings. The van der Waals surface area contributed by atoms with E-state index in [1.807, 2.05) is 0 Å². The van der Waals surface area contributed by atoms with Crippen LogP contribution in [0.2, 0.25) is 0 Å². The van der Waals surface area contributed by atoms with Gasteiger partial charge >= 0.3 is 5.97 Å². The van der Waals surface area contributed by atoms with E-state index in [2.05, 4.69) is 15.0 Å². The van der Waals surface area contributed by atoms with Gasteiger partial charge in [0.05, 0.1) is 23.3 Å². The maximum absolute atomic E-state index is 12.2. The molecule has 1 N–H and O–H groups in total. The first-order chi connectivity index (χ1) is 12.0. The molecule has 0 bridgehead atoms. The molecule has 0 radical (unpaired) electrons. The minimum atomic E-state index is -0.427. The minimum absolute atomic E-state index is 0.0757. The highest BCUT2D eigenvalue weighted by Gasteiger charge is 2.19. The second-order valence-corrected chi connectivity index (χ2v) is 5.65. The third-order valence-corrected chi connectivity index (χ3v) is 3.78. The van der Waals surface area contributed by atoms with Gasteiger partial charge in [-0.15, -0.1) is 0 Å². The van der Waals surface area contributed by atoms with Crippen LogP contribution < -0.4 is 0 Å². The number of amides is 1. The van der Waals surface area contributed by atoms with Gasteiger partial charge in [-0.05, 0) is 19.1 Å². The molecule has 0 saturated carbocycles. The smallest absolute Gasteiger partial charge is 0.340 e. The highest BCUT2D eigenvalue weighted by molar-refractivity contribution is 6.08. The Bertz CT molecular complexity index is 929. The summed E-state index contributed by atoms with van der Waals surface area (Å²) in [6.07, 6.45) is 3.01. The summed E-state index contributed by atoms with van der Waals surface area (Å²) in [6.45, 7) is 2.04. The number of hydrogen-bond donors (Lipinski definition) is 1. The second kappa shape index (κ2) is 6.72. The summed E-state index contributed by atoms with van der Waals surface area (Å²) in [5, 5.41) is 0.604. The summed E-state index contributed by atoms with van der Waals surface area (Å²) < 4.78 is 5.10. The first kappa shape index (κ1) is 16.6. The molecule has 2 heterocycles. The number of carbonyl (C=O) groups is 2. The SMILES string of the molecule is CCOC(=O)c1c[nH]c2ncnc(-c3ccc(C(=O)N(C)C)cc3)c12.